The molecule has 1 rings (SSSR count). The lowest BCUT2D eigenvalue weighted by Crippen LogP contribution is -2.12. The Morgan fingerprint density at radius 1 is 1.40 bits per heavy atom. The van der Waals surface area contributed by atoms with Gasteiger partial charge in [0.2, 0.25) is 0 Å². The number of hydrogen-bond acceptors (Lipinski definition) is 1. The van der Waals surface area contributed by atoms with E-state index in [1.807, 2.05) is 0 Å². The summed E-state index contributed by atoms with van der Waals surface area (Å²) in [4.78, 5) is 0. The molecule has 0 aromatic carbocycles. The van der Waals surface area contributed by atoms with Gasteiger partial charge in [-0.15, -0.1) is 0 Å². The second-order valence-corrected chi connectivity index (χ2v) is 3.26. The monoisotopic (exact) mass is 140 g/mol. The van der Waals surface area contributed by atoms with Crippen molar-refractivity contribution in [2.24, 2.45) is 5.92 Å². The standard InChI is InChI=1S/C9H16O/c1-7(2)9-4-5-10-6-8(9)3/h7H,4-6H2,1-3H3. The first-order valence-electron chi connectivity index (χ1n) is 3.98. The first-order chi connectivity index (χ1) is 4.72. The zero-order valence-corrected chi connectivity index (χ0v) is 7.11. The van der Waals surface area contributed by atoms with Gasteiger partial charge in [-0.2, -0.15) is 0 Å². The molecule has 1 aliphatic heterocycles. The Hall–Kier alpha value is -0.300. The van der Waals surface area contributed by atoms with Gasteiger partial charge < -0.3 is 4.74 Å². The summed E-state index contributed by atoms with van der Waals surface area (Å²) in [6.45, 7) is 8.46. The Morgan fingerprint density at radius 2 is 2.10 bits per heavy atom. The van der Waals surface area contributed by atoms with E-state index in [0.717, 1.165) is 19.6 Å². The Morgan fingerprint density at radius 3 is 2.50 bits per heavy atom. The van der Waals surface area contributed by atoms with Crippen LogP contribution in [0.1, 0.15) is 27.2 Å². The van der Waals surface area contributed by atoms with Crippen LogP contribution in [0.5, 0.6) is 0 Å². The Kier molecular flexibility index (Phi) is 2.50. The van der Waals surface area contributed by atoms with Crippen LogP contribution in [0.2, 0.25) is 0 Å². The second kappa shape index (κ2) is 3.20. The first kappa shape index (κ1) is 7.80. The van der Waals surface area contributed by atoms with Crippen molar-refractivity contribution in [2.45, 2.75) is 27.2 Å². The lowest BCUT2D eigenvalue weighted by Gasteiger charge is -2.20. The van der Waals surface area contributed by atoms with Crippen LogP contribution >= 0.6 is 0 Å². The van der Waals surface area contributed by atoms with E-state index in [1.54, 1.807) is 5.57 Å². The van der Waals surface area contributed by atoms with Gasteiger partial charge in [-0.05, 0) is 24.8 Å². The molecule has 0 N–H and O–H groups in total. The highest BCUT2D eigenvalue weighted by atomic mass is 16.5. The van der Waals surface area contributed by atoms with E-state index in [2.05, 4.69) is 20.8 Å². The highest BCUT2D eigenvalue weighted by Crippen LogP contribution is 2.22. The molecule has 1 heterocycles. The van der Waals surface area contributed by atoms with E-state index in [1.165, 1.54) is 5.57 Å². The first-order valence-corrected chi connectivity index (χ1v) is 3.98. The SMILES string of the molecule is CC1=C(C(C)C)CCOC1. The summed E-state index contributed by atoms with van der Waals surface area (Å²) in [5, 5.41) is 0. The van der Waals surface area contributed by atoms with Crippen LogP contribution < -0.4 is 0 Å². The summed E-state index contributed by atoms with van der Waals surface area (Å²) in [5.74, 6) is 0.712. The summed E-state index contributed by atoms with van der Waals surface area (Å²) in [6.07, 6.45) is 1.14. The molecule has 1 heteroatoms. The van der Waals surface area contributed by atoms with E-state index in [-0.39, 0.29) is 0 Å². The van der Waals surface area contributed by atoms with E-state index in [9.17, 15) is 0 Å². The van der Waals surface area contributed by atoms with Gasteiger partial charge in [0.05, 0.1) is 13.2 Å². The molecule has 0 bridgehead atoms. The van der Waals surface area contributed by atoms with Crippen molar-refractivity contribution < 1.29 is 4.74 Å². The Labute approximate surface area is 63.1 Å². The molecule has 0 saturated carbocycles. The van der Waals surface area contributed by atoms with E-state index in [0.29, 0.717) is 5.92 Å². The quantitative estimate of drug-likeness (QED) is 0.508. The zero-order valence-electron chi connectivity index (χ0n) is 7.11. The molecule has 0 fully saturated rings. The minimum atomic E-state index is 0.712. The minimum absolute atomic E-state index is 0.712. The van der Waals surface area contributed by atoms with Crippen LogP contribution in [0.25, 0.3) is 0 Å². The van der Waals surface area contributed by atoms with Crippen molar-refractivity contribution in [3.05, 3.63) is 11.1 Å². The van der Waals surface area contributed by atoms with Crippen molar-refractivity contribution in [2.75, 3.05) is 13.2 Å². The van der Waals surface area contributed by atoms with Gasteiger partial charge in [0.15, 0.2) is 0 Å². The van der Waals surface area contributed by atoms with Crippen molar-refractivity contribution in [3.63, 3.8) is 0 Å². The molecule has 0 atom stereocenters. The maximum absolute atomic E-state index is 5.30. The molecule has 0 amide bonds. The fraction of sp³-hybridized carbons (Fsp3) is 0.778. The van der Waals surface area contributed by atoms with Crippen LogP contribution in [0, 0.1) is 5.92 Å². The smallest absolute Gasteiger partial charge is 0.0676 e. The fourth-order valence-electron chi connectivity index (χ4n) is 1.49. The lowest BCUT2D eigenvalue weighted by atomic mass is 9.94. The highest BCUT2D eigenvalue weighted by molar-refractivity contribution is 5.16. The number of rotatable bonds is 1. The maximum atomic E-state index is 5.30. The van der Waals surface area contributed by atoms with Gasteiger partial charge in [0.1, 0.15) is 0 Å². The maximum Gasteiger partial charge on any atom is 0.0676 e. The molecule has 0 unspecified atom stereocenters. The summed E-state index contributed by atoms with van der Waals surface area (Å²) < 4.78 is 5.30. The predicted octanol–water partition coefficient (Wildman–Crippen LogP) is 2.38. The molecule has 58 valence electrons. The molecule has 1 aliphatic rings. The third-order valence-corrected chi connectivity index (χ3v) is 2.08. The molecule has 0 aliphatic carbocycles. The molecule has 0 aromatic heterocycles. The number of ether oxygens (including phenoxy) is 1. The van der Waals surface area contributed by atoms with Gasteiger partial charge in [0.25, 0.3) is 0 Å². The molecular weight excluding hydrogens is 124 g/mol. The average molecular weight is 140 g/mol. The van der Waals surface area contributed by atoms with Crippen molar-refractivity contribution in [3.8, 4) is 0 Å². The fourth-order valence-corrected chi connectivity index (χ4v) is 1.49. The van der Waals surface area contributed by atoms with Crippen LogP contribution in [-0.2, 0) is 4.74 Å². The number of hydrogen-bond donors (Lipinski definition) is 0. The van der Waals surface area contributed by atoms with Crippen LogP contribution in [0.4, 0.5) is 0 Å². The van der Waals surface area contributed by atoms with E-state index < -0.39 is 0 Å². The second-order valence-electron chi connectivity index (χ2n) is 3.26. The molecule has 0 aromatic rings. The molecule has 1 nitrogen and oxygen atoms in total. The van der Waals surface area contributed by atoms with Gasteiger partial charge in [-0.1, -0.05) is 19.4 Å². The van der Waals surface area contributed by atoms with E-state index in [4.69, 9.17) is 4.74 Å². The van der Waals surface area contributed by atoms with Crippen LogP contribution in [0.15, 0.2) is 11.1 Å². The largest absolute Gasteiger partial charge is 0.377 e. The Bertz CT molecular complexity index is 145. The van der Waals surface area contributed by atoms with Gasteiger partial charge in [-0.25, -0.2) is 0 Å². The summed E-state index contributed by atoms with van der Waals surface area (Å²) in [6, 6.07) is 0. The molecular formula is C9H16O. The van der Waals surface area contributed by atoms with Gasteiger partial charge in [-0.3, -0.25) is 0 Å². The van der Waals surface area contributed by atoms with Crippen molar-refractivity contribution in [1.82, 2.24) is 0 Å². The normalized spacial score (nSPS) is 20.4. The van der Waals surface area contributed by atoms with Crippen molar-refractivity contribution >= 4 is 0 Å². The zero-order chi connectivity index (χ0) is 7.56. The minimum Gasteiger partial charge on any atom is -0.377 e. The molecule has 10 heavy (non-hydrogen) atoms. The lowest BCUT2D eigenvalue weighted by molar-refractivity contribution is 0.143. The predicted molar refractivity (Wildman–Crippen MR) is 43.0 cm³/mol. The third kappa shape index (κ3) is 1.60. The average Bonchev–Trinajstić information content (AvgIpc) is 1.88. The molecule has 0 spiro atoms. The van der Waals surface area contributed by atoms with E-state index >= 15 is 0 Å². The summed E-state index contributed by atoms with van der Waals surface area (Å²) in [7, 11) is 0. The molecule has 0 saturated heterocycles. The highest BCUT2D eigenvalue weighted by Gasteiger charge is 2.11. The van der Waals surface area contributed by atoms with Crippen molar-refractivity contribution in [1.29, 1.82) is 0 Å². The molecule has 0 radical (unpaired) electrons. The van der Waals surface area contributed by atoms with Crippen LogP contribution in [-0.4, -0.2) is 13.2 Å². The topological polar surface area (TPSA) is 9.23 Å². The van der Waals surface area contributed by atoms with Gasteiger partial charge >= 0.3 is 0 Å². The van der Waals surface area contributed by atoms with Gasteiger partial charge in [0, 0.05) is 0 Å². The third-order valence-electron chi connectivity index (χ3n) is 2.08. The summed E-state index contributed by atoms with van der Waals surface area (Å²) in [5.41, 5.74) is 3.05. The Balaban J connectivity index is 2.68. The van der Waals surface area contributed by atoms with Crippen LogP contribution in [0.3, 0.4) is 0 Å². The summed E-state index contributed by atoms with van der Waals surface area (Å²) >= 11 is 0.